The van der Waals surface area contributed by atoms with Crippen LogP contribution < -0.4 is 10.5 Å². The van der Waals surface area contributed by atoms with Crippen LogP contribution >= 0.6 is 0 Å². The molecular formula is C22H21N5O2. The predicted molar refractivity (Wildman–Crippen MR) is 104 cm³/mol. The third-order valence-electron chi connectivity index (χ3n) is 5.86. The molecule has 0 unspecified atom stereocenters. The summed E-state index contributed by atoms with van der Waals surface area (Å²) in [6, 6.07) is 13.3. The molecule has 146 valence electrons. The Morgan fingerprint density at radius 2 is 1.93 bits per heavy atom. The van der Waals surface area contributed by atoms with E-state index < -0.39 is 17.2 Å². The third kappa shape index (κ3) is 3.35. The van der Waals surface area contributed by atoms with Crippen LogP contribution in [0.25, 0.3) is 0 Å². The molecule has 0 spiro atoms. The number of carbonyl (C=O) groups is 1. The molecule has 1 fully saturated rings. The zero-order valence-electron chi connectivity index (χ0n) is 16.1. The van der Waals surface area contributed by atoms with Crippen LogP contribution in [0.5, 0.6) is 5.75 Å². The van der Waals surface area contributed by atoms with E-state index in [1.807, 2.05) is 18.2 Å². The molecule has 29 heavy (non-hydrogen) atoms. The molecule has 4 atom stereocenters. The molecule has 0 saturated heterocycles. The van der Waals surface area contributed by atoms with Crippen LogP contribution in [0.15, 0.2) is 35.9 Å². The number of hydrogen-bond acceptors (Lipinski definition) is 6. The van der Waals surface area contributed by atoms with Gasteiger partial charge >= 0.3 is 0 Å². The summed E-state index contributed by atoms with van der Waals surface area (Å²) >= 11 is 0. The lowest BCUT2D eigenvalue weighted by Crippen LogP contribution is -2.48. The van der Waals surface area contributed by atoms with E-state index in [1.165, 1.54) is 0 Å². The number of rotatable bonds is 4. The van der Waals surface area contributed by atoms with Crippen molar-refractivity contribution < 1.29 is 9.53 Å². The average molecular weight is 387 g/mol. The lowest BCUT2D eigenvalue weighted by Gasteiger charge is -2.46. The molecule has 0 bridgehead atoms. The van der Waals surface area contributed by atoms with Gasteiger partial charge in [-0.25, -0.2) is 0 Å². The number of carbonyl (C=O) groups excluding carboxylic acids is 1. The molecule has 0 aliphatic heterocycles. The predicted octanol–water partition coefficient (Wildman–Crippen LogP) is 2.81. The summed E-state index contributed by atoms with van der Waals surface area (Å²) in [5, 5.41) is 38.1. The molecule has 3 N–H and O–H groups in total. The second kappa shape index (κ2) is 7.78. The fourth-order valence-corrected chi connectivity index (χ4v) is 4.49. The summed E-state index contributed by atoms with van der Waals surface area (Å²) in [6.07, 6.45) is 3.41. The van der Waals surface area contributed by atoms with Crippen molar-refractivity contribution in [2.45, 2.75) is 25.7 Å². The number of hydrogen-bond donors (Lipinski definition) is 2. The maximum absolute atomic E-state index is 10.9. The minimum Gasteiger partial charge on any atom is -0.484 e. The van der Waals surface area contributed by atoms with E-state index in [0.29, 0.717) is 17.2 Å². The first-order chi connectivity index (χ1) is 13.9. The largest absolute Gasteiger partial charge is 0.484 e. The number of nitrogens with two attached hydrogens (primary N) is 1. The highest BCUT2D eigenvalue weighted by Crippen LogP contribution is 2.55. The Hall–Kier alpha value is -3.63. The van der Waals surface area contributed by atoms with E-state index in [1.54, 1.807) is 24.3 Å². The van der Waals surface area contributed by atoms with Crippen molar-refractivity contribution in [3.63, 3.8) is 0 Å². The van der Waals surface area contributed by atoms with E-state index in [9.17, 15) is 20.6 Å². The Balaban J connectivity index is 2.05. The summed E-state index contributed by atoms with van der Waals surface area (Å²) < 4.78 is 5.30. The molecule has 1 saturated carbocycles. The molecule has 1 amide bonds. The van der Waals surface area contributed by atoms with Crippen molar-refractivity contribution in [3.05, 3.63) is 41.5 Å². The van der Waals surface area contributed by atoms with Crippen LogP contribution in [0.2, 0.25) is 0 Å². The lowest BCUT2D eigenvalue weighted by atomic mass is 9.53. The number of nitrogens with one attached hydrogen (secondary N) is 1. The van der Waals surface area contributed by atoms with E-state index >= 15 is 0 Å². The second-order valence-electron chi connectivity index (χ2n) is 7.69. The van der Waals surface area contributed by atoms with E-state index in [4.69, 9.17) is 15.9 Å². The lowest BCUT2D eigenvalue weighted by molar-refractivity contribution is -0.119. The quantitative estimate of drug-likeness (QED) is 0.762. The van der Waals surface area contributed by atoms with Crippen LogP contribution in [-0.4, -0.2) is 18.2 Å². The first-order valence-corrected chi connectivity index (χ1v) is 9.40. The second-order valence-corrected chi connectivity index (χ2v) is 7.69. The van der Waals surface area contributed by atoms with E-state index in [-0.39, 0.29) is 24.2 Å². The van der Waals surface area contributed by atoms with Gasteiger partial charge in [0.05, 0.1) is 29.8 Å². The third-order valence-corrected chi connectivity index (χ3v) is 5.86. The molecule has 0 aromatic heterocycles. The molecule has 2 aliphatic rings. The number of ether oxygens (including phenoxy) is 1. The Morgan fingerprint density at radius 3 is 2.48 bits per heavy atom. The van der Waals surface area contributed by atoms with Gasteiger partial charge in [0.25, 0.3) is 5.91 Å². The van der Waals surface area contributed by atoms with Crippen molar-refractivity contribution >= 4 is 11.6 Å². The Morgan fingerprint density at radius 1 is 1.28 bits per heavy atom. The molecule has 2 aliphatic carbocycles. The highest BCUT2D eigenvalue weighted by atomic mass is 16.5. The zero-order chi connectivity index (χ0) is 21.2. The van der Waals surface area contributed by atoms with Gasteiger partial charge in [-0.15, -0.1) is 0 Å². The van der Waals surface area contributed by atoms with Gasteiger partial charge in [0.1, 0.15) is 5.75 Å². The van der Waals surface area contributed by atoms with Gasteiger partial charge in [-0.05, 0) is 47.9 Å². The molecule has 7 nitrogen and oxygen atoms in total. The van der Waals surface area contributed by atoms with Crippen LogP contribution in [0.3, 0.4) is 0 Å². The van der Waals surface area contributed by atoms with Crippen LogP contribution in [0.1, 0.15) is 31.2 Å². The fourth-order valence-electron chi connectivity index (χ4n) is 4.49. The number of benzene rings is 1. The van der Waals surface area contributed by atoms with Crippen molar-refractivity contribution in [2.75, 3.05) is 6.61 Å². The summed E-state index contributed by atoms with van der Waals surface area (Å²) in [4.78, 5) is 10.9. The first kappa shape index (κ1) is 20.1. The standard InChI is InChI=1S/C22H21N5O2/c1-13-2-7-18-16(8-13)20(17(9-23)21(27)22(18,11-24)12-25)14-3-5-15(6-4-14)29-10-19(26)28/h3-7,13,16-17,20,27H,2,8,10H2,1H3,(H2,26,28)/t13-,16+,17-,20-/m1/s1. The molecule has 1 aromatic carbocycles. The van der Waals surface area contributed by atoms with Crippen LogP contribution in [0, 0.1) is 62.6 Å². The Kier molecular flexibility index (Phi) is 5.39. The minimum atomic E-state index is -1.67. The van der Waals surface area contributed by atoms with Crippen LogP contribution in [0.4, 0.5) is 0 Å². The minimum absolute atomic E-state index is 0.152. The van der Waals surface area contributed by atoms with Gasteiger partial charge < -0.3 is 15.9 Å². The van der Waals surface area contributed by atoms with E-state index in [2.05, 4.69) is 13.0 Å². The highest BCUT2D eigenvalue weighted by Gasteiger charge is 2.56. The molecular weight excluding hydrogens is 366 g/mol. The monoisotopic (exact) mass is 387 g/mol. The van der Waals surface area contributed by atoms with Crippen LogP contribution in [-0.2, 0) is 4.79 Å². The van der Waals surface area contributed by atoms with Crippen molar-refractivity contribution in [3.8, 4) is 24.0 Å². The number of fused-ring (bicyclic) bond motifs is 1. The summed E-state index contributed by atoms with van der Waals surface area (Å²) in [6.45, 7) is 1.88. The van der Waals surface area contributed by atoms with Gasteiger partial charge in [0, 0.05) is 5.92 Å². The molecule has 3 rings (SSSR count). The summed E-state index contributed by atoms with van der Waals surface area (Å²) in [5.41, 5.74) is 4.75. The number of primary amides is 1. The van der Waals surface area contributed by atoms with Crippen molar-refractivity contribution in [2.24, 2.45) is 28.9 Å². The number of amides is 1. The van der Waals surface area contributed by atoms with Crippen molar-refractivity contribution in [1.82, 2.24) is 0 Å². The van der Waals surface area contributed by atoms with Gasteiger partial charge in [-0.2, -0.15) is 15.8 Å². The molecule has 0 radical (unpaired) electrons. The van der Waals surface area contributed by atoms with Gasteiger partial charge in [0.2, 0.25) is 5.41 Å². The topological polar surface area (TPSA) is 148 Å². The molecule has 0 heterocycles. The van der Waals surface area contributed by atoms with Gasteiger partial charge in [-0.1, -0.05) is 25.1 Å². The molecule has 1 aromatic rings. The summed E-state index contributed by atoms with van der Waals surface area (Å²) in [5.74, 6) is -1.13. The average Bonchev–Trinajstić information content (AvgIpc) is 2.72. The number of nitriles is 3. The number of allylic oxidation sites excluding steroid dienone is 2. The van der Waals surface area contributed by atoms with E-state index in [0.717, 1.165) is 18.4 Å². The SMILES string of the molecule is C[C@@H]1CC=C2[C@H](C1)[C@@H](c1ccc(OCC(N)=O)cc1)[C@@H](C#N)C(=N)C2(C#N)C#N. The maximum Gasteiger partial charge on any atom is 0.255 e. The van der Waals surface area contributed by atoms with Gasteiger partial charge in [-0.3, -0.25) is 4.79 Å². The normalized spacial score (nSPS) is 27.4. The first-order valence-electron chi connectivity index (χ1n) is 9.40. The molecule has 7 heteroatoms. The summed E-state index contributed by atoms with van der Waals surface area (Å²) in [7, 11) is 0. The zero-order valence-corrected chi connectivity index (χ0v) is 16.1. The Labute approximate surface area is 169 Å². The van der Waals surface area contributed by atoms with Gasteiger partial charge in [0.15, 0.2) is 6.61 Å². The van der Waals surface area contributed by atoms with Crippen molar-refractivity contribution in [1.29, 1.82) is 21.2 Å². The fraction of sp³-hybridized carbons (Fsp3) is 0.409. The smallest absolute Gasteiger partial charge is 0.255 e. The Bertz CT molecular complexity index is 976. The maximum atomic E-state index is 10.9. The highest BCUT2D eigenvalue weighted by molar-refractivity contribution is 6.01. The number of nitrogens with zero attached hydrogens (tertiary/aromatic N) is 3.